The van der Waals surface area contributed by atoms with E-state index in [0.717, 1.165) is 11.5 Å². The lowest BCUT2D eigenvalue weighted by Gasteiger charge is -2.02. The third kappa shape index (κ3) is 1.77. The summed E-state index contributed by atoms with van der Waals surface area (Å²) >= 11 is 0. The van der Waals surface area contributed by atoms with Crippen molar-refractivity contribution < 1.29 is 18.3 Å². The van der Waals surface area contributed by atoms with Crippen LogP contribution in [0.15, 0.2) is 16.6 Å². The van der Waals surface area contributed by atoms with Crippen LogP contribution in [0.4, 0.5) is 0 Å². The van der Waals surface area contributed by atoms with Crippen LogP contribution in [-0.4, -0.2) is 25.2 Å². The summed E-state index contributed by atoms with van der Waals surface area (Å²) in [6.45, 7) is 0. The average molecular weight is 176 g/mol. The number of sulfonamides is 1. The van der Waals surface area contributed by atoms with Crippen molar-refractivity contribution in [3.63, 3.8) is 0 Å². The predicted molar refractivity (Wildman–Crippen MR) is 36.3 cm³/mol. The zero-order valence-electron chi connectivity index (χ0n) is 5.18. The first-order valence-electron chi connectivity index (χ1n) is 2.52. The number of hydrogen-bond donors (Lipinski definition) is 2. The molecule has 0 bridgehead atoms. The maximum absolute atomic E-state index is 10.5. The van der Waals surface area contributed by atoms with Crippen molar-refractivity contribution >= 4 is 21.7 Å². The Morgan fingerprint density at radius 2 is 2.27 bits per heavy atom. The van der Waals surface area contributed by atoms with Gasteiger partial charge in [0.25, 0.3) is 10.0 Å². The zero-order chi connectivity index (χ0) is 8.48. The fourth-order valence-corrected chi connectivity index (χ4v) is 1.05. The van der Waals surface area contributed by atoms with E-state index >= 15 is 0 Å². The lowest BCUT2D eigenvalue weighted by Crippen LogP contribution is -2.24. The van der Waals surface area contributed by atoms with Gasteiger partial charge in [-0.3, -0.25) is 0 Å². The molecule has 1 rings (SSSR count). The maximum atomic E-state index is 10.5. The molecule has 11 heavy (non-hydrogen) atoms. The minimum absolute atomic E-state index is 0.333. The number of rotatable bonds is 1. The standard InChI is InChI=1S/C4H4N2O4S/c7-4(8)3-1-2-11(9,10)6-5-3/h1-2,6H,(H,7,8). The molecule has 0 aromatic heterocycles. The number of hydrogen-bond acceptors (Lipinski definition) is 4. The molecule has 6 nitrogen and oxygen atoms in total. The highest BCUT2D eigenvalue weighted by Gasteiger charge is 2.14. The molecule has 0 saturated carbocycles. The largest absolute Gasteiger partial charge is 0.476 e. The summed E-state index contributed by atoms with van der Waals surface area (Å²) in [5.74, 6) is -1.27. The fourth-order valence-electron chi connectivity index (χ4n) is 0.454. The van der Waals surface area contributed by atoms with Crippen LogP contribution in [0.1, 0.15) is 0 Å². The first-order chi connectivity index (χ1) is 5.01. The Balaban J connectivity index is 2.92. The van der Waals surface area contributed by atoms with Gasteiger partial charge >= 0.3 is 5.97 Å². The normalized spacial score (nSPS) is 20.2. The molecule has 1 aliphatic heterocycles. The van der Waals surface area contributed by atoms with Gasteiger partial charge in [0.2, 0.25) is 0 Å². The Bertz CT molecular complexity index is 339. The van der Waals surface area contributed by atoms with Crippen LogP contribution < -0.4 is 4.83 Å². The van der Waals surface area contributed by atoms with E-state index < -0.39 is 16.0 Å². The van der Waals surface area contributed by atoms with Gasteiger partial charge in [0.15, 0.2) is 5.71 Å². The minimum Gasteiger partial charge on any atom is -0.476 e. The van der Waals surface area contributed by atoms with E-state index in [2.05, 4.69) is 5.10 Å². The average Bonchev–Trinajstić information content (AvgIpc) is 1.86. The number of carboxylic acid groups (broad SMARTS) is 1. The van der Waals surface area contributed by atoms with Crippen LogP contribution in [0.2, 0.25) is 0 Å². The molecule has 7 heteroatoms. The number of nitrogens with one attached hydrogen (secondary N) is 1. The molecule has 2 N–H and O–H groups in total. The maximum Gasteiger partial charge on any atom is 0.356 e. The van der Waals surface area contributed by atoms with Crippen molar-refractivity contribution in [2.75, 3.05) is 0 Å². The zero-order valence-corrected chi connectivity index (χ0v) is 6.00. The lowest BCUT2D eigenvalue weighted by molar-refractivity contribution is -0.129. The van der Waals surface area contributed by atoms with Crippen molar-refractivity contribution in [2.45, 2.75) is 0 Å². The highest BCUT2D eigenvalue weighted by atomic mass is 32.2. The Labute approximate surface area is 62.3 Å². The van der Waals surface area contributed by atoms with Crippen LogP contribution in [0.25, 0.3) is 0 Å². The SMILES string of the molecule is O=C(O)C1=NNS(=O)(=O)C=C1. The molecule has 0 aromatic rings. The molecule has 0 spiro atoms. The van der Waals surface area contributed by atoms with Crippen LogP contribution in [0.5, 0.6) is 0 Å². The van der Waals surface area contributed by atoms with E-state index in [1.807, 2.05) is 0 Å². The molecular formula is C4H4N2O4S. The van der Waals surface area contributed by atoms with E-state index in [1.165, 1.54) is 0 Å². The van der Waals surface area contributed by atoms with Crippen molar-refractivity contribution in [1.29, 1.82) is 0 Å². The summed E-state index contributed by atoms with van der Waals surface area (Å²) in [5, 5.41) is 12.1. The van der Waals surface area contributed by atoms with Gasteiger partial charge in [-0.2, -0.15) is 9.93 Å². The molecule has 0 aromatic carbocycles. The minimum atomic E-state index is -3.53. The van der Waals surface area contributed by atoms with Gasteiger partial charge in [-0.15, -0.1) is 0 Å². The van der Waals surface area contributed by atoms with Crippen LogP contribution in [0, 0.1) is 0 Å². The molecule has 0 fully saturated rings. The van der Waals surface area contributed by atoms with E-state index in [0.29, 0.717) is 0 Å². The molecule has 0 amide bonds. The van der Waals surface area contributed by atoms with Gasteiger partial charge in [0, 0.05) is 0 Å². The van der Waals surface area contributed by atoms with Crippen molar-refractivity contribution in [3.8, 4) is 0 Å². The first-order valence-corrected chi connectivity index (χ1v) is 4.07. The summed E-state index contributed by atoms with van der Waals surface area (Å²) in [6.07, 6.45) is 0.911. The third-order valence-corrected chi connectivity index (χ3v) is 1.76. The van der Waals surface area contributed by atoms with E-state index in [9.17, 15) is 13.2 Å². The monoisotopic (exact) mass is 176 g/mol. The highest BCUT2D eigenvalue weighted by molar-refractivity contribution is 7.92. The van der Waals surface area contributed by atoms with Crippen LogP contribution in [0.3, 0.4) is 0 Å². The summed E-state index contributed by atoms with van der Waals surface area (Å²) in [6, 6.07) is 0. The second-order valence-electron chi connectivity index (χ2n) is 1.74. The van der Waals surface area contributed by atoms with Crippen molar-refractivity contribution in [1.82, 2.24) is 4.83 Å². The lowest BCUT2D eigenvalue weighted by atomic mass is 10.4. The van der Waals surface area contributed by atoms with Crippen molar-refractivity contribution in [3.05, 3.63) is 11.5 Å². The number of carbonyl (C=O) groups is 1. The summed E-state index contributed by atoms with van der Waals surface area (Å²) in [5.41, 5.74) is -0.333. The highest BCUT2D eigenvalue weighted by Crippen LogP contribution is 1.95. The number of nitrogens with zero attached hydrogens (tertiary/aromatic N) is 1. The second-order valence-corrected chi connectivity index (χ2v) is 3.29. The number of carboxylic acids is 1. The molecule has 0 atom stereocenters. The van der Waals surface area contributed by atoms with Crippen molar-refractivity contribution in [2.24, 2.45) is 5.10 Å². The quantitative estimate of drug-likeness (QED) is 0.528. The summed E-state index contributed by atoms with van der Waals surface area (Å²) in [4.78, 5) is 11.8. The van der Waals surface area contributed by atoms with E-state index in [-0.39, 0.29) is 5.71 Å². The topological polar surface area (TPSA) is 95.8 Å². The van der Waals surface area contributed by atoms with Crippen LogP contribution >= 0.6 is 0 Å². The summed E-state index contributed by atoms with van der Waals surface area (Å²) in [7, 11) is -3.53. The van der Waals surface area contributed by atoms with Gasteiger partial charge in [-0.05, 0) is 6.08 Å². The smallest absolute Gasteiger partial charge is 0.356 e. The van der Waals surface area contributed by atoms with E-state index in [1.54, 1.807) is 4.83 Å². The predicted octanol–water partition coefficient (Wildman–Crippen LogP) is -1.13. The number of aliphatic carboxylic acids is 1. The Kier molecular flexibility index (Phi) is 1.65. The molecule has 0 radical (unpaired) electrons. The molecule has 1 aliphatic rings. The molecule has 60 valence electrons. The summed E-state index contributed by atoms with van der Waals surface area (Å²) < 4.78 is 21.0. The molecule has 0 unspecified atom stereocenters. The Hall–Kier alpha value is -1.37. The number of hydrazone groups is 1. The van der Waals surface area contributed by atoms with Gasteiger partial charge < -0.3 is 5.11 Å². The Morgan fingerprint density at radius 3 is 2.64 bits per heavy atom. The molecule has 0 aliphatic carbocycles. The molecule has 0 saturated heterocycles. The van der Waals surface area contributed by atoms with Gasteiger partial charge in [0.05, 0.1) is 5.41 Å². The fraction of sp³-hybridized carbons (Fsp3) is 0. The van der Waals surface area contributed by atoms with Gasteiger partial charge in [-0.25, -0.2) is 13.2 Å². The van der Waals surface area contributed by atoms with Gasteiger partial charge in [-0.1, -0.05) is 0 Å². The molecule has 1 heterocycles. The Morgan fingerprint density at radius 1 is 1.64 bits per heavy atom. The van der Waals surface area contributed by atoms with E-state index in [4.69, 9.17) is 5.11 Å². The molecular weight excluding hydrogens is 172 g/mol. The first kappa shape index (κ1) is 7.73. The third-order valence-electron chi connectivity index (χ3n) is 0.918. The van der Waals surface area contributed by atoms with Gasteiger partial charge in [0.1, 0.15) is 0 Å². The van der Waals surface area contributed by atoms with Crippen LogP contribution in [-0.2, 0) is 14.8 Å². The second kappa shape index (κ2) is 2.35.